The number of ether oxygens (including phenoxy) is 2. The van der Waals surface area contributed by atoms with Crippen molar-refractivity contribution in [3.63, 3.8) is 0 Å². The molecular formula is C26H28N2O4S. The van der Waals surface area contributed by atoms with Crippen molar-refractivity contribution in [3.8, 4) is 11.5 Å². The molecule has 6 nitrogen and oxygen atoms in total. The van der Waals surface area contributed by atoms with Crippen molar-refractivity contribution in [1.82, 2.24) is 10.5 Å². The molecule has 2 aliphatic rings. The highest BCUT2D eigenvalue weighted by Crippen LogP contribution is 2.43. The van der Waals surface area contributed by atoms with Crippen LogP contribution in [0.4, 0.5) is 0 Å². The van der Waals surface area contributed by atoms with Crippen LogP contribution in [0, 0.1) is 6.92 Å². The van der Waals surface area contributed by atoms with Crippen LogP contribution in [0.1, 0.15) is 59.5 Å². The van der Waals surface area contributed by atoms with Crippen molar-refractivity contribution in [2.45, 2.75) is 55.1 Å². The molecule has 0 atom stereocenters. The number of amides is 1. The minimum Gasteiger partial charge on any atom is -0.454 e. The topological polar surface area (TPSA) is 73.6 Å². The smallest absolute Gasteiger partial charge is 0.252 e. The van der Waals surface area contributed by atoms with Gasteiger partial charge in [0.1, 0.15) is 5.76 Å². The lowest BCUT2D eigenvalue weighted by Gasteiger charge is -2.38. The molecule has 5 rings (SSSR count). The number of nitrogens with zero attached hydrogens (tertiary/aromatic N) is 1. The zero-order valence-corrected chi connectivity index (χ0v) is 19.6. The third-order valence-corrected chi connectivity index (χ3v) is 7.66. The van der Waals surface area contributed by atoms with Crippen molar-refractivity contribution < 1.29 is 18.8 Å². The Morgan fingerprint density at radius 3 is 2.70 bits per heavy atom. The molecule has 0 spiro atoms. The van der Waals surface area contributed by atoms with Gasteiger partial charge < -0.3 is 19.3 Å². The molecule has 1 N–H and O–H groups in total. The number of aryl methyl sites for hydroxylation is 1. The Balaban J connectivity index is 1.31. The molecule has 1 aromatic heterocycles. The normalized spacial score (nSPS) is 16.5. The number of rotatable bonds is 7. The number of carbonyl (C=O) groups is 1. The van der Waals surface area contributed by atoms with Crippen LogP contribution in [0.15, 0.2) is 57.9 Å². The van der Waals surface area contributed by atoms with E-state index in [2.05, 4.69) is 22.6 Å². The summed E-state index contributed by atoms with van der Waals surface area (Å²) < 4.78 is 16.4. The second kappa shape index (κ2) is 9.51. The van der Waals surface area contributed by atoms with Gasteiger partial charge in [-0.1, -0.05) is 42.6 Å². The maximum Gasteiger partial charge on any atom is 0.252 e. The van der Waals surface area contributed by atoms with Gasteiger partial charge in [-0.3, -0.25) is 4.79 Å². The molecular weight excluding hydrogens is 436 g/mol. The molecule has 1 aliphatic carbocycles. The fourth-order valence-electron chi connectivity index (χ4n) is 4.78. The standard InChI is InChI=1S/C26H28N2O4S/c1-18-13-20(32-28-18)15-33-24-8-4-3-7-21(24)25(29)27-16-26(11-5-2-6-12-26)19-9-10-22-23(14-19)31-17-30-22/h3-4,7-10,13-14H,2,5-6,11-12,15-17H2,1H3,(H,27,29). The molecule has 2 aromatic carbocycles. The number of hydrogen-bond donors (Lipinski definition) is 1. The van der Waals surface area contributed by atoms with E-state index in [4.69, 9.17) is 14.0 Å². The van der Waals surface area contributed by atoms with Gasteiger partial charge in [0, 0.05) is 22.9 Å². The van der Waals surface area contributed by atoms with Gasteiger partial charge in [0.15, 0.2) is 11.5 Å². The van der Waals surface area contributed by atoms with Crippen molar-refractivity contribution in [1.29, 1.82) is 0 Å². The summed E-state index contributed by atoms with van der Waals surface area (Å²) in [5.74, 6) is 2.98. The number of carbonyl (C=O) groups excluding carboxylic acids is 1. The number of benzene rings is 2. The van der Waals surface area contributed by atoms with Crippen LogP contribution in [-0.4, -0.2) is 24.4 Å². The molecule has 33 heavy (non-hydrogen) atoms. The number of hydrogen-bond acceptors (Lipinski definition) is 6. The summed E-state index contributed by atoms with van der Waals surface area (Å²) in [6, 6.07) is 15.9. The lowest BCUT2D eigenvalue weighted by atomic mass is 9.69. The summed E-state index contributed by atoms with van der Waals surface area (Å²) in [6.45, 7) is 2.77. The summed E-state index contributed by atoms with van der Waals surface area (Å²) in [5.41, 5.74) is 2.68. The van der Waals surface area contributed by atoms with Crippen molar-refractivity contribution >= 4 is 17.7 Å². The van der Waals surface area contributed by atoms with E-state index in [1.165, 1.54) is 12.0 Å². The molecule has 1 amide bonds. The van der Waals surface area contributed by atoms with Crippen LogP contribution in [0.2, 0.25) is 0 Å². The first kappa shape index (κ1) is 21.9. The van der Waals surface area contributed by atoms with E-state index in [0.717, 1.165) is 53.5 Å². The molecule has 172 valence electrons. The van der Waals surface area contributed by atoms with Gasteiger partial charge in [-0.15, -0.1) is 11.8 Å². The van der Waals surface area contributed by atoms with E-state index in [9.17, 15) is 4.79 Å². The number of aromatic nitrogens is 1. The Morgan fingerprint density at radius 1 is 1.06 bits per heavy atom. The molecule has 7 heteroatoms. The van der Waals surface area contributed by atoms with Gasteiger partial charge in [0.2, 0.25) is 6.79 Å². The second-order valence-electron chi connectivity index (χ2n) is 8.81. The SMILES string of the molecule is Cc1cc(CSc2ccccc2C(=O)NCC2(c3ccc4c(c3)OCO4)CCCCC2)on1. The fraction of sp³-hybridized carbons (Fsp3) is 0.385. The zero-order valence-electron chi connectivity index (χ0n) is 18.8. The Morgan fingerprint density at radius 2 is 1.88 bits per heavy atom. The molecule has 1 aliphatic heterocycles. The molecule has 0 radical (unpaired) electrons. The highest BCUT2D eigenvalue weighted by Gasteiger charge is 2.35. The molecule has 0 unspecified atom stereocenters. The van der Waals surface area contributed by atoms with E-state index in [-0.39, 0.29) is 18.1 Å². The van der Waals surface area contributed by atoms with Gasteiger partial charge in [0.05, 0.1) is 17.0 Å². The van der Waals surface area contributed by atoms with Crippen LogP contribution in [0.3, 0.4) is 0 Å². The predicted octanol–water partition coefficient (Wildman–Crippen LogP) is 5.64. The van der Waals surface area contributed by atoms with Gasteiger partial charge in [0.25, 0.3) is 5.91 Å². The Hall–Kier alpha value is -2.93. The maximum absolute atomic E-state index is 13.3. The highest BCUT2D eigenvalue weighted by molar-refractivity contribution is 7.98. The average Bonchev–Trinajstić information content (AvgIpc) is 3.50. The van der Waals surface area contributed by atoms with Gasteiger partial charge in [-0.05, 0) is 49.6 Å². The zero-order chi connectivity index (χ0) is 22.7. The van der Waals surface area contributed by atoms with Crippen LogP contribution in [0.25, 0.3) is 0 Å². The summed E-state index contributed by atoms with van der Waals surface area (Å²) in [7, 11) is 0. The molecule has 0 saturated heterocycles. The lowest BCUT2D eigenvalue weighted by Crippen LogP contribution is -2.42. The monoisotopic (exact) mass is 464 g/mol. The minimum absolute atomic E-state index is 0.0439. The third-order valence-electron chi connectivity index (χ3n) is 6.56. The second-order valence-corrected chi connectivity index (χ2v) is 9.83. The summed E-state index contributed by atoms with van der Waals surface area (Å²) in [6.07, 6.45) is 5.66. The summed E-state index contributed by atoms with van der Waals surface area (Å²) in [5, 5.41) is 7.20. The number of nitrogens with one attached hydrogen (secondary N) is 1. The molecule has 1 fully saturated rings. The van der Waals surface area contributed by atoms with Crippen LogP contribution in [0.5, 0.6) is 11.5 Å². The van der Waals surface area contributed by atoms with E-state index in [1.54, 1.807) is 11.8 Å². The summed E-state index contributed by atoms with van der Waals surface area (Å²) in [4.78, 5) is 14.2. The minimum atomic E-state index is -0.0889. The van der Waals surface area contributed by atoms with Crippen molar-refractivity contribution in [2.24, 2.45) is 0 Å². The van der Waals surface area contributed by atoms with E-state index in [0.29, 0.717) is 17.9 Å². The molecule has 3 aromatic rings. The number of thioether (sulfide) groups is 1. The van der Waals surface area contributed by atoms with Crippen molar-refractivity contribution in [2.75, 3.05) is 13.3 Å². The van der Waals surface area contributed by atoms with Crippen LogP contribution < -0.4 is 14.8 Å². The predicted molar refractivity (Wildman–Crippen MR) is 127 cm³/mol. The third kappa shape index (κ3) is 4.74. The van der Waals surface area contributed by atoms with E-state index < -0.39 is 0 Å². The Labute approximate surface area is 198 Å². The summed E-state index contributed by atoms with van der Waals surface area (Å²) >= 11 is 1.59. The molecule has 1 saturated carbocycles. The Bertz CT molecular complexity index is 1140. The quantitative estimate of drug-likeness (QED) is 0.457. The molecule has 2 heterocycles. The Kier molecular flexibility index (Phi) is 6.31. The van der Waals surface area contributed by atoms with E-state index in [1.807, 2.05) is 43.3 Å². The van der Waals surface area contributed by atoms with Gasteiger partial charge in [-0.25, -0.2) is 0 Å². The first-order chi connectivity index (χ1) is 16.1. The van der Waals surface area contributed by atoms with Crippen LogP contribution in [-0.2, 0) is 11.2 Å². The fourth-order valence-corrected chi connectivity index (χ4v) is 5.71. The lowest BCUT2D eigenvalue weighted by molar-refractivity contribution is 0.0933. The first-order valence-electron chi connectivity index (χ1n) is 11.5. The first-order valence-corrected chi connectivity index (χ1v) is 12.4. The highest BCUT2D eigenvalue weighted by atomic mass is 32.2. The van der Waals surface area contributed by atoms with Crippen LogP contribution >= 0.6 is 11.8 Å². The van der Waals surface area contributed by atoms with E-state index >= 15 is 0 Å². The van der Waals surface area contributed by atoms with Gasteiger partial charge in [-0.2, -0.15) is 0 Å². The van der Waals surface area contributed by atoms with Gasteiger partial charge >= 0.3 is 0 Å². The van der Waals surface area contributed by atoms with Crippen molar-refractivity contribution in [3.05, 3.63) is 71.1 Å². The number of fused-ring (bicyclic) bond motifs is 1. The maximum atomic E-state index is 13.3. The average molecular weight is 465 g/mol. The largest absolute Gasteiger partial charge is 0.454 e. The molecule has 0 bridgehead atoms.